The van der Waals surface area contributed by atoms with E-state index in [9.17, 15) is 0 Å². The van der Waals surface area contributed by atoms with Crippen LogP contribution in [0, 0.1) is 0 Å². The molecular weight excluding hydrogens is 603 g/mol. The van der Waals surface area contributed by atoms with Crippen LogP contribution in [0.3, 0.4) is 0 Å². The second kappa shape index (κ2) is 10.9. The highest BCUT2D eigenvalue weighted by atomic mass is 32.2. The van der Waals surface area contributed by atoms with Gasteiger partial charge in [-0.25, -0.2) is 9.97 Å². The van der Waals surface area contributed by atoms with Gasteiger partial charge in [0.05, 0.1) is 22.4 Å². The van der Waals surface area contributed by atoms with Crippen LogP contribution in [0.15, 0.2) is 157 Å². The number of thioether (sulfide) groups is 1. The predicted molar refractivity (Wildman–Crippen MR) is 200 cm³/mol. The van der Waals surface area contributed by atoms with Crippen molar-refractivity contribution in [2.45, 2.75) is 16.6 Å². The maximum atomic E-state index is 5.12. The van der Waals surface area contributed by atoms with Crippen LogP contribution in [0.1, 0.15) is 16.8 Å². The van der Waals surface area contributed by atoms with Gasteiger partial charge in [0.15, 0.2) is 5.82 Å². The summed E-state index contributed by atoms with van der Waals surface area (Å²) in [6.45, 7) is 0. The number of benzene rings is 6. The lowest BCUT2D eigenvalue weighted by Crippen LogP contribution is -2.11. The maximum Gasteiger partial charge on any atom is 0.160 e. The smallest absolute Gasteiger partial charge is 0.160 e. The Kier molecular flexibility index (Phi) is 6.24. The highest BCUT2D eigenvalue weighted by Gasteiger charge is 2.34. The summed E-state index contributed by atoms with van der Waals surface area (Å²) in [5.74, 6) is 0.732. The average molecular weight is 632 g/mol. The van der Waals surface area contributed by atoms with Gasteiger partial charge in [-0.1, -0.05) is 103 Å². The van der Waals surface area contributed by atoms with E-state index in [4.69, 9.17) is 9.97 Å². The Hall–Kier alpha value is -5.71. The molecule has 0 radical (unpaired) electrons. The molecule has 3 nitrogen and oxygen atoms in total. The minimum Gasteiger partial charge on any atom is -0.310 e. The summed E-state index contributed by atoms with van der Waals surface area (Å²) in [4.78, 5) is 11.5. The number of rotatable bonds is 4. The van der Waals surface area contributed by atoms with E-state index in [0.29, 0.717) is 5.25 Å². The first kappa shape index (κ1) is 27.4. The SMILES string of the molecule is C1=C2c3ccccc3SC2Cc2c1n(-c1ccc(-c3nc(-c4ccccc4)c4ccccc4n3)cc1)c1ccc(-c3ccccc3)cc21. The molecule has 8 aromatic rings. The summed E-state index contributed by atoms with van der Waals surface area (Å²) in [5.41, 5.74) is 14.4. The van der Waals surface area contributed by atoms with Crippen LogP contribution in [-0.4, -0.2) is 19.8 Å². The van der Waals surface area contributed by atoms with Crippen LogP contribution >= 0.6 is 11.8 Å². The van der Waals surface area contributed by atoms with Crippen molar-refractivity contribution in [3.63, 3.8) is 0 Å². The number of nitrogens with zero attached hydrogens (tertiary/aromatic N) is 3. The van der Waals surface area contributed by atoms with Crippen LogP contribution in [0.2, 0.25) is 0 Å². The molecule has 0 spiro atoms. The number of fused-ring (bicyclic) bond motifs is 7. The molecule has 6 aromatic carbocycles. The number of para-hydroxylation sites is 1. The number of hydrogen-bond acceptors (Lipinski definition) is 3. The molecule has 0 fully saturated rings. The third-order valence-corrected chi connectivity index (χ3v) is 11.1. The van der Waals surface area contributed by atoms with Crippen molar-refractivity contribution < 1.29 is 0 Å². The largest absolute Gasteiger partial charge is 0.310 e. The molecule has 3 heterocycles. The minimum atomic E-state index is 0.431. The van der Waals surface area contributed by atoms with Gasteiger partial charge in [0.25, 0.3) is 0 Å². The van der Waals surface area contributed by atoms with Crippen molar-refractivity contribution in [1.82, 2.24) is 14.5 Å². The molecule has 0 saturated heterocycles. The molecule has 48 heavy (non-hydrogen) atoms. The molecule has 2 aliphatic rings. The standard InChI is InChI=1S/C44H29N3S/c1-3-11-28(12-4-1)31-21-24-39-35(25-31)36-27-42-37(33-15-8-10-18-41(33)48-42)26-40(36)47(39)32-22-19-30(20-23-32)44-45-38-17-9-7-16-34(38)43(46-44)29-13-5-2-6-14-29/h1-26,42H,27H2. The van der Waals surface area contributed by atoms with E-state index in [2.05, 4.69) is 150 Å². The summed E-state index contributed by atoms with van der Waals surface area (Å²) in [5, 5.41) is 2.82. The van der Waals surface area contributed by atoms with Gasteiger partial charge < -0.3 is 4.57 Å². The number of hydrogen-bond donors (Lipinski definition) is 0. The Labute approximate surface area is 283 Å². The first-order valence-electron chi connectivity index (χ1n) is 16.4. The Balaban J connectivity index is 1.13. The zero-order valence-electron chi connectivity index (χ0n) is 26.0. The summed E-state index contributed by atoms with van der Waals surface area (Å²) in [6, 6.07) is 54.0. The van der Waals surface area contributed by atoms with Crippen LogP contribution < -0.4 is 0 Å². The van der Waals surface area contributed by atoms with E-state index in [1.807, 2.05) is 23.9 Å². The number of aromatic nitrogens is 3. The molecule has 226 valence electrons. The Morgan fingerprint density at radius 2 is 1.29 bits per heavy atom. The van der Waals surface area contributed by atoms with Gasteiger partial charge in [0.1, 0.15) is 0 Å². The fourth-order valence-corrected chi connectivity index (χ4v) is 8.81. The zero-order valence-corrected chi connectivity index (χ0v) is 26.9. The molecule has 0 saturated carbocycles. The second-order valence-electron chi connectivity index (χ2n) is 12.5. The molecule has 4 heteroatoms. The lowest BCUT2D eigenvalue weighted by Gasteiger charge is -2.20. The van der Waals surface area contributed by atoms with Crippen LogP contribution in [0.4, 0.5) is 0 Å². The van der Waals surface area contributed by atoms with Gasteiger partial charge in [-0.2, -0.15) is 0 Å². The lowest BCUT2D eigenvalue weighted by atomic mass is 9.90. The van der Waals surface area contributed by atoms with Crippen LogP contribution in [-0.2, 0) is 6.42 Å². The molecular formula is C44H29N3S. The quantitative estimate of drug-likeness (QED) is 0.194. The first-order chi connectivity index (χ1) is 23.8. The van der Waals surface area contributed by atoms with Gasteiger partial charge in [0, 0.05) is 37.7 Å². The van der Waals surface area contributed by atoms with Crippen LogP contribution in [0.5, 0.6) is 0 Å². The molecule has 10 rings (SSSR count). The topological polar surface area (TPSA) is 30.7 Å². The second-order valence-corrected chi connectivity index (χ2v) is 13.8. The first-order valence-corrected chi connectivity index (χ1v) is 17.3. The normalized spacial score (nSPS) is 14.8. The van der Waals surface area contributed by atoms with Crippen molar-refractivity contribution in [2.24, 2.45) is 0 Å². The van der Waals surface area contributed by atoms with Gasteiger partial charge >= 0.3 is 0 Å². The summed E-state index contributed by atoms with van der Waals surface area (Å²) >= 11 is 2.01. The van der Waals surface area contributed by atoms with E-state index in [1.54, 1.807) is 0 Å². The lowest BCUT2D eigenvalue weighted by molar-refractivity contribution is 1.00. The van der Waals surface area contributed by atoms with Crippen molar-refractivity contribution in [3.8, 4) is 39.5 Å². The molecule has 2 aromatic heterocycles. The van der Waals surface area contributed by atoms with Crippen LogP contribution in [0.25, 0.3) is 72.9 Å². The van der Waals surface area contributed by atoms with Crippen molar-refractivity contribution in [3.05, 3.63) is 168 Å². The molecule has 1 aliphatic carbocycles. The molecule has 0 bridgehead atoms. The third-order valence-electron chi connectivity index (χ3n) is 9.75. The summed E-state index contributed by atoms with van der Waals surface area (Å²) in [7, 11) is 0. The summed E-state index contributed by atoms with van der Waals surface area (Å²) in [6.07, 6.45) is 3.46. The van der Waals surface area contributed by atoms with Crippen molar-refractivity contribution >= 4 is 45.2 Å². The third kappa shape index (κ3) is 4.37. The molecule has 0 N–H and O–H groups in total. The Bertz CT molecular complexity index is 2550. The zero-order chi connectivity index (χ0) is 31.6. The highest BCUT2D eigenvalue weighted by molar-refractivity contribution is 8.00. The van der Waals surface area contributed by atoms with E-state index in [1.165, 1.54) is 49.3 Å². The highest BCUT2D eigenvalue weighted by Crippen LogP contribution is 2.51. The van der Waals surface area contributed by atoms with Gasteiger partial charge in [0.2, 0.25) is 0 Å². The predicted octanol–water partition coefficient (Wildman–Crippen LogP) is 11.1. The fraction of sp³-hybridized carbons (Fsp3) is 0.0455. The maximum absolute atomic E-state index is 5.12. The molecule has 1 aliphatic heterocycles. The average Bonchev–Trinajstić information content (AvgIpc) is 3.68. The van der Waals surface area contributed by atoms with Crippen molar-refractivity contribution in [2.75, 3.05) is 0 Å². The monoisotopic (exact) mass is 631 g/mol. The van der Waals surface area contributed by atoms with E-state index < -0.39 is 0 Å². The minimum absolute atomic E-state index is 0.431. The van der Waals surface area contributed by atoms with Crippen molar-refractivity contribution in [1.29, 1.82) is 0 Å². The van der Waals surface area contributed by atoms with E-state index in [-0.39, 0.29) is 0 Å². The molecule has 1 unspecified atom stereocenters. The van der Waals surface area contributed by atoms with E-state index in [0.717, 1.165) is 45.7 Å². The van der Waals surface area contributed by atoms with Gasteiger partial charge in [-0.15, -0.1) is 11.8 Å². The Morgan fingerprint density at radius 1 is 0.583 bits per heavy atom. The molecule has 0 amide bonds. The molecule has 1 atom stereocenters. The van der Waals surface area contributed by atoms with E-state index >= 15 is 0 Å². The van der Waals surface area contributed by atoms with Gasteiger partial charge in [-0.3, -0.25) is 0 Å². The summed E-state index contributed by atoms with van der Waals surface area (Å²) < 4.78 is 2.45. The van der Waals surface area contributed by atoms with Gasteiger partial charge in [-0.05, 0) is 88.9 Å². The Morgan fingerprint density at radius 3 is 2.12 bits per heavy atom. The fourth-order valence-electron chi connectivity index (χ4n) is 7.46.